The van der Waals surface area contributed by atoms with Gasteiger partial charge in [0.05, 0.1) is 28.8 Å². The second-order valence-corrected chi connectivity index (χ2v) is 10.3. The van der Waals surface area contributed by atoms with Crippen molar-refractivity contribution in [1.29, 1.82) is 0 Å². The Hall–Kier alpha value is -3.42. The first kappa shape index (κ1) is 27.6. The maximum Gasteiger partial charge on any atom is 0.349 e. The number of rotatable bonds is 10. The van der Waals surface area contributed by atoms with E-state index in [1.807, 2.05) is 72.5 Å². The van der Waals surface area contributed by atoms with Crippen LogP contribution in [0.5, 0.6) is 0 Å². The molecule has 4 rings (SSSR count). The van der Waals surface area contributed by atoms with Gasteiger partial charge in [0.25, 0.3) is 5.91 Å². The minimum atomic E-state index is -0.381. The molecule has 0 aliphatic rings. The maximum absolute atomic E-state index is 14.0. The van der Waals surface area contributed by atoms with Crippen molar-refractivity contribution >= 4 is 23.0 Å². The highest BCUT2D eigenvalue weighted by Crippen LogP contribution is 2.34. The first-order chi connectivity index (χ1) is 18.3. The Bertz CT molecular complexity index is 1460. The number of aryl methyl sites for hydroxylation is 2. The molecule has 0 spiro atoms. The smallest absolute Gasteiger partial charge is 0.330 e. The van der Waals surface area contributed by atoms with E-state index < -0.39 is 0 Å². The molecular weight excluding hydrogens is 498 g/mol. The van der Waals surface area contributed by atoms with Crippen LogP contribution in [0.3, 0.4) is 0 Å². The molecule has 0 aliphatic carbocycles. The minimum Gasteiger partial charge on any atom is -0.330 e. The van der Waals surface area contributed by atoms with Crippen molar-refractivity contribution in [2.24, 2.45) is 11.7 Å². The number of hydrogen-bond donors (Lipinski definition) is 1. The summed E-state index contributed by atoms with van der Waals surface area (Å²) in [6.07, 6.45) is 1.45. The number of carbonyl (C=O) groups is 1. The van der Waals surface area contributed by atoms with Gasteiger partial charge < -0.3 is 10.6 Å². The van der Waals surface area contributed by atoms with E-state index in [1.165, 1.54) is 4.52 Å². The van der Waals surface area contributed by atoms with Crippen molar-refractivity contribution in [3.05, 3.63) is 104 Å². The summed E-state index contributed by atoms with van der Waals surface area (Å²) in [5.74, 6) is -0.0352. The van der Waals surface area contributed by atoms with E-state index in [0.29, 0.717) is 47.9 Å². The molecule has 0 fully saturated rings. The van der Waals surface area contributed by atoms with Gasteiger partial charge in [-0.1, -0.05) is 79.9 Å². The number of nitrogens with two attached hydrogens (primary N) is 1. The third-order valence-electron chi connectivity index (χ3n) is 7.20. The average Bonchev–Trinajstić information content (AvgIpc) is 3.22. The number of fused-ring (bicyclic) bond motifs is 1. The van der Waals surface area contributed by atoms with Gasteiger partial charge in [-0.05, 0) is 56.5 Å². The summed E-state index contributed by atoms with van der Waals surface area (Å²) in [6, 6.07) is 19.0. The molecule has 0 unspecified atom stereocenters. The fourth-order valence-corrected chi connectivity index (χ4v) is 5.05. The Morgan fingerprint density at radius 2 is 1.79 bits per heavy atom. The highest BCUT2D eigenvalue weighted by Gasteiger charge is 2.33. The third-order valence-corrected chi connectivity index (χ3v) is 7.66. The fraction of sp³-hybridized carbons (Fsp3) is 0.367. The monoisotopic (exact) mass is 533 g/mol. The molecule has 2 aromatic heterocycles. The van der Waals surface area contributed by atoms with E-state index in [1.54, 1.807) is 11.5 Å². The minimum absolute atomic E-state index is 0.0499. The van der Waals surface area contributed by atoms with Gasteiger partial charge in [0.2, 0.25) is 0 Å². The lowest BCUT2D eigenvalue weighted by atomic mass is 9.92. The van der Waals surface area contributed by atoms with Crippen LogP contribution >= 0.6 is 11.6 Å². The number of nitrogens with zero attached hydrogens (tertiary/aromatic N) is 4. The second-order valence-electron chi connectivity index (χ2n) is 9.96. The topological polar surface area (TPSA) is 85.6 Å². The second kappa shape index (κ2) is 12.0. The number of halogens is 1. The molecule has 0 aliphatic heterocycles. The van der Waals surface area contributed by atoms with Crippen LogP contribution in [0.1, 0.15) is 65.6 Å². The van der Waals surface area contributed by atoms with Crippen LogP contribution in [0.25, 0.3) is 5.52 Å². The number of aromatic nitrogens is 3. The molecule has 2 heterocycles. The van der Waals surface area contributed by atoms with Crippen molar-refractivity contribution in [3.8, 4) is 0 Å². The van der Waals surface area contributed by atoms with Crippen LogP contribution in [0.15, 0.2) is 65.5 Å². The largest absolute Gasteiger partial charge is 0.349 e. The molecule has 0 radical (unpaired) electrons. The van der Waals surface area contributed by atoms with Crippen molar-refractivity contribution in [3.63, 3.8) is 0 Å². The zero-order valence-corrected chi connectivity index (χ0v) is 23.3. The van der Waals surface area contributed by atoms with Gasteiger partial charge in [-0.25, -0.2) is 4.79 Å². The van der Waals surface area contributed by atoms with Gasteiger partial charge in [0, 0.05) is 17.8 Å². The molecule has 2 aromatic carbocycles. The molecule has 0 bridgehead atoms. The van der Waals surface area contributed by atoms with E-state index in [-0.39, 0.29) is 23.6 Å². The summed E-state index contributed by atoms with van der Waals surface area (Å²) >= 11 is 6.62. The van der Waals surface area contributed by atoms with Gasteiger partial charge >= 0.3 is 5.69 Å². The Morgan fingerprint density at radius 3 is 2.42 bits per heavy atom. The maximum atomic E-state index is 14.0. The molecule has 1 amide bonds. The van der Waals surface area contributed by atoms with E-state index in [4.69, 9.17) is 17.3 Å². The lowest BCUT2D eigenvalue weighted by Crippen LogP contribution is -2.43. The summed E-state index contributed by atoms with van der Waals surface area (Å²) in [5, 5.41) is 4.86. The average molecular weight is 534 g/mol. The zero-order chi connectivity index (χ0) is 27.4. The molecule has 0 saturated heterocycles. The third kappa shape index (κ3) is 5.54. The predicted molar refractivity (Wildman–Crippen MR) is 153 cm³/mol. The van der Waals surface area contributed by atoms with E-state index in [2.05, 4.69) is 18.9 Å². The summed E-state index contributed by atoms with van der Waals surface area (Å²) in [4.78, 5) is 29.9. The van der Waals surface area contributed by atoms with Gasteiger partial charge in [0.15, 0.2) is 0 Å². The van der Waals surface area contributed by atoms with Crippen LogP contribution in [0.2, 0.25) is 5.02 Å². The van der Waals surface area contributed by atoms with Gasteiger partial charge in [-0.15, -0.1) is 0 Å². The van der Waals surface area contributed by atoms with Crippen molar-refractivity contribution in [2.75, 3.05) is 13.1 Å². The molecule has 7 nitrogen and oxygen atoms in total. The number of amides is 1. The van der Waals surface area contributed by atoms with Gasteiger partial charge in [0.1, 0.15) is 0 Å². The van der Waals surface area contributed by atoms with E-state index in [9.17, 15) is 9.59 Å². The molecule has 2 atom stereocenters. The SMILES string of the molecule is CC[C@H](C)[C@@H](c1cc2c(Cl)c(C)nn2c(=O)n1Cc1ccccc1)N(CCCN)C(=O)c1ccc(C)cc1. The standard InChI is InChI=1S/C30H36ClN5O2/c1-5-21(3)28(34(17-9-16-32)29(37)24-14-12-20(2)13-15-24)26-18-25-27(31)22(4)33-36(25)30(38)35(26)19-23-10-7-6-8-11-23/h6-8,10-15,18,21,28H,5,9,16-17,19,32H2,1-4H3/t21-,28-/m0/s1. The lowest BCUT2D eigenvalue weighted by molar-refractivity contribution is 0.0594. The number of hydrogen-bond acceptors (Lipinski definition) is 4. The summed E-state index contributed by atoms with van der Waals surface area (Å²) in [5.41, 5.74) is 10.2. The molecule has 2 N–H and O–H groups in total. The van der Waals surface area contributed by atoms with Crippen molar-refractivity contribution < 1.29 is 4.79 Å². The molecular formula is C30H36ClN5O2. The highest BCUT2D eigenvalue weighted by atomic mass is 35.5. The van der Waals surface area contributed by atoms with Crippen molar-refractivity contribution in [2.45, 2.75) is 53.1 Å². The van der Waals surface area contributed by atoms with Crippen LogP contribution < -0.4 is 11.4 Å². The van der Waals surface area contributed by atoms with Gasteiger partial charge in [-0.3, -0.25) is 9.36 Å². The van der Waals surface area contributed by atoms with Crippen LogP contribution in [-0.4, -0.2) is 38.1 Å². The fourth-order valence-electron chi connectivity index (χ4n) is 4.88. The molecule has 38 heavy (non-hydrogen) atoms. The molecule has 8 heteroatoms. The molecule has 200 valence electrons. The Morgan fingerprint density at radius 1 is 1.11 bits per heavy atom. The first-order valence-electron chi connectivity index (χ1n) is 13.2. The predicted octanol–water partition coefficient (Wildman–Crippen LogP) is 5.39. The summed E-state index contributed by atoms with van der Waals surface area (Å²) in [6.45, 7) is 9.27. The number of benzene rings is 2. The molecule has 0 saturated carbocycles. The Kier molecular flexibility index (Phi) is 8.69. The molecule has 4 aromatic rings. The first-order valence-corrected chi connectivity index (χ1v) is 13.5. The summed E-state index contributed by atoms with van der Waals surface area (Å²) < 4.78 is 3.10. The van der Waals surface area contributed by atoms with Gasteiger partial charge in [-0.2, -0.15) is 9.61 Å². The highest BCUT2D eigenvalue weighted by molar-refractivity contribution is 6.34. The quantitative estimate of drug-likeness (QED) is 0.296. The normalized spacial score (nSPS) is 13.0. The Balaban J connectivity index is 1.96. The van der Waals surface area contributed by atoms with Crippen molar-refractivity contribution in [1.82, 2.24) is 19.1 Å². The zero-order valence-electron chi connectivity index (χ0n) is 22.5. The van der Waals surface area contributed by atoms with Crippen LogP contribution in [0.4, 0.5) is 0 Å². The van der Waals surface area contributed by atoms with E-state index >= 15 is 0 Å². The lowest BCUT2D eigenvalue weighted by Gasteiger charge is -2.37. The number of carbonyl (C=O) groups excluding carboxylic acids is 1. The van der Waals surface area contributed by atoms with E-state index in [0.717, 1.165) is 23.2 Å². The van der Waals surface area contributed by atoms with Crippen LogP contribution in [-0.2, 0) is 6.54 Å². The summed E-state index contributed by atoms with van der Waals surface area (Å²) in [7, 11) is 0. The Labute approximate surface area is 228 Å². The van der Waals surface area contributed by atoms with Crippen LogP contribution in [0, 0.1) is 19.8 Å².